The van der Waals surface area contributed by atoms with Gasteiger partial charge in [0.25, 0.3) is 0 Å². The fourth-order valence-electron chi connectivity index (χ4n) is 3.51. The number of hydrogen-bond acceptors (Lipinski definition) is 3. The molecule has 0 N–H and O–H groups in total. The molecule has 0 spiro atoms. The van der Waals surface area contributed by atoms with Crippen LogP contribution in [0.15, 0.2) is 84.3 Å². The van der Waals surface area contributed by atoms with Crippen molar-refractivity contribution >= 4 is 23.8 Å². The Labute approximate surface area is 163 Å². The Bertz CT molecular complexity index is 957. The highest BCUT2D eigenvalue weighted by molar-refractivity contribution is 7.98. The second kappa shape index (κ2) is 7.09. The van der Waals surface area contributed by atoms with Crippen LogP contribution >= 0.6 is 11.8 Å². The average molecular weight is 372 g/mol. The molecule has 3 aromatic carbocycles. The van der Waals surface area contributed by atoms with Crippen molar-refractivity contribution in [3.8, 4) is 0 Å². The first kappa shape index (κ1) is 17.6. The van der Waals surface area contributed by atoms with Crippen LogP contribution in [-0.2, 0) is 16.1 Å². The molecule has 0 fully saturated rings. The first-order valence-electron chi connectivity index (χ1n) is 8.88. The predicted octanol–water partition coefficient (Wildman–Crippen LogP) is 6.06. The molecule has 4 rings (SSSR count). The van der Waals surface area contributed by atoms with Crippen LogP contribution in [-0.4, -0.2) is 5.97 Å². The molecule has 0 aliphatic carbocycles. The summed E-state index contributed by atoms with van der Waals surface area (Å²) in [5.74, 6) is 0.526. The summed E-state index contributed by atoms with van der Waals surface area (Å²) in [5, 5.41) is 0. The Morgan fingerprint density at radius 2 is 1.67 bits per heavy atom. The largest absolute Gasteiger partial charge is 0.446 e. The lowest BCUT2D eigenvalue weighted by molar-refractivity contribution is 0.00511. The monoisotopic (exact) mass is 372 g/mol. The molecule has 0 bridgehead atoms. The van der Waals surface area contributed by atoms with Crippen LogP contribution in [0.5, 0.6) is 0 Å². The maximum Gasteiger partial charge on any atom is 0.339 e. The van der Waals surface area contributed by atoms with Crippen LogP contribution in [0.25, 0.3) is 6.08 Å². The van der Waals surface area contributed by atoms with Crippen LogP contribution in [0.2, 0.25) is 0 Å². The van der Waals surface area contributed by atoms with Crippen LogP contribution in [0.4, 0.5) is 0 Å². The first-order valence-corrected chi connectivity index (χ1v) is 9.87. The summed E-state index contributed by atoms with van der Waals surface area (Å²) < 4.78 is 6.19. The number of carbonyl (C=O) groups excluding carboxylic acids is 1. The quantitative estimate of drug-likeness (QED) is 0.523. The van der Waals surface area contributed by atoms with E-state index >= 15 is 0 Å². The van der Waals surface area contributed by atoms with Gasteiger partial charge in [0.2, 0.25) is 0 Å². The van der Waals surface area contributed by atoms with E-state index in [0.717, 1.165) is 27.3 Å². The number of fused-ring (bicyclic) bond motifs is 2. The highest BCUT2D eigenvalue weighted by Crippen LogP contribution is 2.45. The Hall–Kier alpha value is -2.78. The van der Waals surface area contributed by atoms with Gasteiger partial charge in [-0.2, -0.15) is 0 Å². The van der Waals surface area contributed by atoms with Gasteiger partial charge >= 0.3 is 5.97 Å². The van der Waals surface area contributed by atoms with Crippen molar-refractivity contribution in [3.63, 3.8) is 0 Å². The molecule has 0 amide bonds. The normalized spacial score (nSPS) is 18.0. The third-order valence-electron chi connectivity index (χ3n) is 4.99. The number of hydrogen-bond donors (Lipinski definition) is 0. The Kier molecular flexibility index (Phi) is 4.63. The molecule has 1 aliphatic rings. The molecule has 0 aromatic heterocycles. The molecular formula is C24H20O2S. The van der Waals surface area contributed by atoms with E-state index in [1.807, 2.05) is 43.3 Å². The summed E-state index contributed by atoms with van der Waals surface area (Å²) in [6.07, 6.45) is 1.76. The van der Waals surface area contributed by atoms with Gasteiger partial charge in [0.1, 0.15) is 0 Å². The number of benzene rings is 3. The average Bonchev–Trinajstić information content (AvgIpc) is 2.84. The summed E-state index contributed by atoms with van der Waals surface area (Å²) in [5.41, 5.74) is 3.92. The highest BCUT2D eigenvalue weighted by Gasteiger charge is 2.39. The van der Waals surface area contributed by atoms with E-state index < -0.39 is 5.60 Å². The maximum atomic E-state index is 13.0. The van der Waals surface area contributed by atoms with E-state index in [9.17, 15) is 4.79 Å². The second-order valence-corrected chi connectivity index (χ2v) is 7.71. The molecule has 1 aliphatic heterocycles. The van der Waals surface area contributed by atoms with E-state index in [1.54, 1.807) is 30.0 Å². The van der Waals surface area contributed by atoms with Crippen molar-refractivity contribution in [2.45, 2.75) is 23.2 Å². The van der Waals surface area contributed by atoms with Crippen LogP contribution in [0.3, 0.4) is 0 Å². The van der Waals surface area contributed by atoms with Crippen molar-refractivity contribution in [1.82, 2.24) is 0 Å². The zero-order valence-electron chi connectivity index (χ0n) is 15.1. The number of thioether (sulfide) groups is 1. The van der Waals surface area contributed by atoms with Crippen molar-refractivity contribution in [3.05, 3.63) is 107 Å². The first-order chi connectivity index (χ1) is 13.1. The van der Waals surface area contributed by atoms with Gasteiger partial charge < -0.3 is 4.74 Å². The molecule has 0 radical (unpaired) electrons. The molecule has 1 unspecified atom stereocenters. The zero-order valence-corrected chi connectivity index (χ0v) is 16.0. The molecule has 0 saturated heterocycles. The van der Waals surface area contributed by atoms with Gasteiger partial charge in [-0.25, -0.2) is 4.79 Å². The second-order valence-electron chi connectivity index (χ2n) is 6.69. The Balaban J connectivity index is 1.79. The van der Waals surface area contributed by atoms with Crippen molar-refractivity contribution in [2.75, 3.05) is 0 Å². The summed E-state index contributed by atoms with van der Waals surface area (Å²) in [4.78, 5) is 14.1. The fourth-order valence-corrected chi connectivity index (χ4v) is 4.66. The summed E-state index contributed by atoms with van der Waals surface area (Å²) in [6.45, 7) is 5.74. The molecule has 3 aromatic rings. The SMILES string of the molecule is C=Cc1ccc(C(=O)OC2(C)c3ccccc3CSc3ccccc32)cc1. The topological polar surface area (TPSA) is 26.3 Å². The summed E-state index contributed by atoms with van der Waals surface area (Å²) in [7, 11) is 0. The highest BCUT2D eigenvalue weighted by atomic mass is 32.2. The maximum absolute atomic E-state index is 13.0. The number of carbonyl (C=O) groups is 1. The van der Waals surface area contributed by atoms with Gasteiger partial charge in [-0.1, -0.05) is 67.3 Å². The van der Waals surface area contributed by atoms with E-state index in [1.165, 1.54) is 5.56 Å². The lowest BCUT2D eigenvalue weighted by Crippen LogP contribution is -2.31. The summed E-state index contributed by atoms with van der Waals surface area (Å²) >= 11 is 1.78. The lowest BCUT2D eigenvalue weighted by Gasteiger charge is -2.32. The van der Waals surface area contributed by atoms with Gasteiger partial charge in [-0.3, -0.25) is 0 Å². The van der Waals surface area contributed by atoms with Gasteiger partial charge in [0.15, 0.2) is 5.60 Å². The van der Waals surface area contributed by atoms with Crippen LogP contribution in [0.1, 0.15) is 39.5 Å². The zero-order chi connectivity index (χ0) is 18.9. The van der Waals surface area contributed by atoms with Crippen molar-refractivity contribution in [2.24, 2.45) is 0 Å². The molecule has 2 nitrogen and oxygen atoms in total. The smallest absolute Gasteiger partial charge is 0.339 e. The van der Waals surface area contributed by atoms with Crippen LogP contribution < -0.4 is 0 Å². The van der Waals surface area contributed by atoms with E-state index in [4.69, 9.17) is 4.74 Å². The third-order valence-corrected chi connectivity index (χ3v) is 6.12. The van der Waals surface area contributed by atoms with Gasteiger partial charge in [-0.05, 0) is 36.2 Å². The minimum atomic E-state index is -0.842. The molecule has 1 atom stereocenters. The molecule has 3 heteroatoms. The van der Waals surface area contributed by atoms with Gasteiger partial charge in [-0.15, -0.1) is 11.8 Å². The minimum absolute atomic E-state index is 0.329. The van der Waals surface area contributed by atoms with Crippen LogP contribution in [0, 0.1) is 0 Å². The Morgan fingerprint density at radius 3 is 2.41 bits per heavy atom. The predicted molar refractivity (Wildman–Crippen MR) is 111 cm³/mol. The Morgan fingerprint density at radius 1 is 1.00 bits per heavy atom. The summed E-state index contributed by atoms with van der Waals surface area (Å²) in [6, 6.07) is 23.7. The standard InChI is InChI=1S/C24H20O2S/c1-3-17-12-14-18(15-13-17)23(25)26-24(2)20-9-5-4-8-19(20)16-27-22-11-7-6-10-21(22)24/h3-15H,1,16H2,2H3. The van der Waals surface area contributed by atoms with Crippen molar-refractivity contribution < 1.29 is 9.53 Å². The number of esters is 1. The molecule has 0 saturated carbocycles. The van der Waals surface area contributed by atoms with Gasteiger partial charge in [0.05, 0.1) is 5.56 Å². The van der Waals surface area contributed by atoms with E-state index in [0.29, 0.717) is 5.56 Å². The van der Waals surface area contributed by atoms with E-state index in [2.05, 4.69) is 30.8 Å². The van der Waals surface area contributed by atoms with Gasteiger partial charge in [0, 0.05) is 21.8 Å². The third kappa shape index (κ3) is 3.19. The minimum Gasteiger partial charge on any atom is -0.446 e. The molecule has 1 heterocycles. The number of ether oxygens (including phenoxy) is 1. The molecule has 27 heavy (non-hydrogen) atoms. The lowest BCUT2D eigenvalue weighted by atomic mass is 9.85. The van der Waals surface area contributed by atoms with Crippen molar-refractivity contribution in [1.29, 1.82) is 0 Å². The fraction of sp³-hybridized carbons (Fsp3) is 0.125. The molecular weight excluding hydrogens is 352 g/mol. The molecule has 134 valence electrons. The van der Waals surface area contributed by atoms with E-state index in [-0.39, 0.29) is 5.97 Å². The number of rotatable bonds is 3.